The molecular formula is C27H28FN7O6S. The Hall–Kier alpha value is -4.39. The van der Waals surface area contributed by atoms with Gasteiger partial charge in [0.2, 0.25) is 5.91 Å². The van der Waals surface area contributed by atoms with E-state index in [0.29, 0.717) is 21.9 Å². The van der Waals surface area contributed by atoms with Crippen LogP contribution in [-0.4, -0.2) is 75.5 Å². The molecule has 4 heterocycles. The highest BCUT2D eigenvalue weighted by Crippen LogP contribution is 2.34. The number of benzene rings is 1. The number of likely N-dealkylation sites (tertiary alicyclic amines) is 1. The fourth-order valence-corrected chi connectivity index (χ4v) is 6.26. The average Bonchev–Trinajstić information content (AvgIpc) is 3.70. The lowest BCUT2D eigenvalue weighted by Crippen LogP contribution is -2.44. The Morgan fingerprint density at radius 3 is 2.64 bits per heavy atom. The molecule has 0 spiro atoms. The lowest BCUT2D eigenvalue weighted by molar-refractivity contribution is -0.129. The number of ether oxygens (including phenoxy) is 3. The van der Waals surface area contributed by atoms with Gasteiger partial charge in [-0.05, 0) is 31.5 Å². The van der Waals surface area contributed by atoms with E-state index in [1.54, 1.807) is 14.0 Å². The summed E-state index contributed by atoms with van der Waals surface area (Å²) in [6.07, 6.45) is 2.31. The summed E-state index contributed by atoms with van der Waals surface area (Å²) < 4.78 is 33.7. The Kier molecular flexibility index (Phi) is 8.48. The summed E-state index contributed by atoms with van der Waals surface area (Å²) >= 11 is 1.14. The van der Waals surface area contributed by atoms with E-state index in [-0.39, 0.29) is 55.4 Å². The van der Waals surface area contributed by atoms with Crippen LogP contribution in [0.15, 0.2) is 40.2 Å². The van der Waals surface area contributed by atoms with Crippen molar-refractivity contribution in [3.05, 3.63) is 68.4 Å². The van der Waals surface area contributed by atoms with Crippen molar-refractivity contribution in [1.82, 2.24) is 29.0 Å². The van der Waals surface area contributed by atoms with Crippen LogP contribution in [0.4, 0.5) is 4.39 Å². The summed E-state index contributed by atoms with van der Waals surface area (Å²) in [7, 11) is 3.12. The number of aryl methyl sites for hydroxylation is 1. The van der Waals surface area contributed by atoms with Crippen molar-refractivity contribution >= 4 is 27.5 Å². The number of nitriles is 1. The summed E-state index contributed by atoms with van der Waals surface area (Å²) in [6.45, 7) is 1.96. The first-order valence-corrected chi connectivity index (χ1v) is 13.9. The largest absolute Gasteiger partial charge is 0.478 e. The smallest absolute Gasteiger partial charge is 0.332 e. The molecule has 3 aromatic heterocycles. The Bertz CT molecular complexity index is 1770. The second-order valence-electron chi connectivity index (χ2n) is 9.64. The minimum Gasteiger partial charge on any atom is -0.478 e. The van der Waals surface area contributed by atoms with Crippen molar-refractivity contribution in [2.45, 2.75) is 32.0 Å². The number of methoxy groups -OCH3 is 1. The minimum atomic E-state index is -0.979. The molecule has 15 heteroatoms. The molecule has 0 radical (unpaired) electrons. The number of thiophene rings is 1. The van der Waals surface area contributed by atoms with Gasteiger partial charge >= 0.3 is 5.69 Å². The number of carbonyl (C=O) groups is 1. The van der Waals surface area contributed by atoms with E-state index in [0.717, 1.165) is 15.9 Å². The van der Waals surface area contributed by atoms with Gasteiger partial charge in [0.05, 0.1) is 37.5 Å². The number of halogens is 1. The van der Waals surface area contributed by atoms with Crippen LogP contribution in [0.1, 0.15) is 29.7 Å². The zero-order valence-electron chi connectivity index (χ0n) is 23.2. The Morgan fingerprint density at radius 1 is 1.21 bits per heavy atom. The molecule has 1 aromatic carbocycles. The summed E-state index contributed by atoms with van der Waals surface area (Å²) in [5.74, 6) is -0.711. The van der Waals surface area contributed by atoms with Crippen molar-refractivity contribution in [3.8, 4) is 16.8 Å². The quantitative estimate of drug-likeness (QED) is 0.237. The molecule has 220 valence electrons. The molecule has 1 fully saturated rings. The van der Waals surface area contributed by atoms with E-state index < -0.39 is 29.2 Å². The second kappa shape index (κ2) is 12.2. The number of rotatable bonds is 11. The van der Waals surface area contributed by atoms with Gasteiger partial charge in [0.15, 0.2) is 6.61 Å². The number of hydrogen-bond acceptors (Lipinski definition) is 10. The number of fused-ring (bicyclic) bond motifs is 1. The molecule has 0 saturated carbocycles. The molecule has 42 heavy (non-hydrogen) atoms. The van der Waals surface area contributed by atoms with Crippen molar-refractivity contribution < 1.29 is 23.4 Å². The molecular weight excluding hydrogens is 569 g/mol. The highest BCUT2D eigenvalue weighted by atomic mass is 32.1. The highest BCUT2D eigenvalue weighted by Gasteiger charge is 2.35. The van der Waals surface area contributed by atoms with Crippen LogP contribution in [0.3, 0.4) is 0 Å². The number of nitrogens with zero attached hydrogens (tertiary/aromatic N) is 7. The minimum absolute atomic E-state index is 0.0880. The van der Waals surface area contributed by atoms with Gasteiger partial charge in [0.25, 0.3) is 5.56 Å². The van der Waals surface area contributed by atoms with Crippen molar-refractivity contribution in [2.75, 3.05) is 40.5 Å². The molecule has 0 N–H and O–H groups in total. The highest BCUT2D eigenvalue weighted by molar-refractivity contribution is 7.21. The van der Waals surface area contributed by atoms with E-state index in [1.807, 2.05) is 6.07 Å². The van der Waals surface area contributed by atoms with Crippen LogP contribution >= 0.6 is 11.3 Å². The third kappa shape index (κ3) is 5.31. The number of likely N-dealkylation sites (N-methyl/N-ethyl adjacent to an activating group) is 1. The maximum Gasteiger partial charge on any atom is 0.332 e. The molecule has 13 nitrogen and oxygen atoms in total. The fraction of sp³-hybridized carbons (Fsp3) is 0.407. The summed E-state index contributed by atoms with van der Waals surface area (Å²) in [4.78, 5) is 44.3. The molecule has 5 rings (SSSR count). The van der Waals surface area contributed by atoms with Gasteiger partial charge < -0.3 is 19.1 Å². The molecule has 1 amide bonds. The average molecular weight is 598 g/mol. The van der Waals surface area contributed by atoms with Crippen molar-refractivity contribution in [3.63, 3.8) is 0 Å². The number of amides is 1. The zero-order chi connectivity index (χ0) is 30.0. The Balaban J connectivity index is 1.74. The van der Waals surface area contributed by atoms with E-state index in [1.165, 1.54) is 52.0 Å². The van der Waals surface area contributed by atoms with E-state index in [2.05, 4.69) is 10.2 Å². The standard InChI is InChI=1S/C27H28FN7O6S/c1-16-22-24(37)34(19-6-10-32(2)23(19)36)27(38)33(26(22)42-25(16)35-30-8-9-31-35)15-21(41-13-12-39-3)18-14-17(28)4-5-20(18)40-11-7-29/h4-5,8-9,14,19,21H,6,10-13,15H2,1-3H3/t19-,21-/m0/s1. The van der Waals surface area contributed by atoms with Gasteiger partial charge in [-0.25, -0.2) is 13.8 Å². The topological polar surface area (TPSA) is 147 Å². The van der Waals surface area contributed by atoms with Gasteiger partial charge in [-0.1, -0.05) is 11.3 Å². The maximum absolute atomic E-state index is 14.5. The molecule has 2 atom stereocenters. The van der Waals surface area contributed by atoms with Gasteiger partial charge in [0.1, 0.15) is 39.6 Å². The van der Waals surface area contributed by atoms with Crippen LogP contribution in [0, 0.1) is 24.1 Å². The number of aromatic nitrogens is 5. The predicted octanol–water partition coefficient (Wildman–Crippen LogP) is 1.96. The third-order valence-electron chi connectivity index (χ3n) is 7.09. The molecule has 4 aromatic rings. The molecule has 1 saturated heterocycles. The maximum atomic E-state index is 14.5. The molecule has 1 aliphatic rings. The van der Waals surface area contributed by atoms with Crippen molar-refractivity contribution in [2.24, 2.45) is 0 Å². The van der Waals surface area contributed by atoms with Crippen molar-refractivity contribution in [1.29, 1.82) is 5.26 Å². The van der Waals surface area contributed by atoms with Crippen LogP contribution in [0.25, 0.3) is 15.2 Å². The molecule has 1 aliphatic heterocycles. The molecule has 0 aliphatic carbocycles. The molecule has 0 unspecified atom stereocenters. The summed E-state index contributed by atoms with van der Waals surface area (Å²) in [6, 6.07) is 4.71. The summed E-state index contributed by atoms with van der Waals surface area (Å²) in [5.41, 5.74) is -0.498. The van der Waals surface area contributed by atoms with Gasteiger partial charge in [-0.3, -0.25) is 14.2 Å². The zero-order valence-corrected chi connectivity index (χ0v) is 24.0. The SMILES string of the molecule is COCCO[C@@H](Cn1c(=O)n([C@H]2CCN(C)C2=O)c(=O)c2c(C)c(-n3nccn3)sc21)c1cc(F)ccc1OCC#N. The fourth-order valence-electron chi connectivity index (χ4n) is 5.04. The third-order valence-corrected chi connectivity index (χ3v) is 8.38. The van der Waals surface area contributed by atoms with Crippen LogP contribution in [0.5, 0.6) is 5.75 Å². The first-order chi connectivity index (χ1) is 20.3. The van der Waals surface area contributed by atoms with Crippen LogP contribution < -0.4 is 16.0 Å². The summed E-state index contributed by atoms with van der Waals surface area (Å²) in [5, 5.41) is 18.2. The van der Waals surface area contributed by atoms with E-state index in [9.17, 15) is 18.8 Å². The van der Waals surface area contributed by atoms with E-state index in [4.69, 9.17) is 19.5 Å². The Morgan fingerprint density at radius 2 is 1.98 bits per heavy atom. The predicted molar refractivity (Wildman–Crippen MR) is 149 cm³/mol. The normalized spacial score (nSPS) is 15.8. The monoisotopic (exact) mass is 597 g/mol. The van der Waals surface area contributed by atoms with Gasteiger partial charge in [0, 0.05) is 31.8 Å². The molecule has 0 bridgehead atoms. The second-order valence-corrected chi connectivity index (χ2v) is 10.6. The van der Waals surface area contributed by atoms with Crippen LogP contribution in [0.2, 0.25) is 0 Å². The number of hydrogen-bond donors (Lipinski definition) is 0. The van der Waals surface area contributed by atoms with Gasteiger partial charge in [-0.2, -0.15) is 15.5 Å². The number of carbonyl (C=O) groups excluding carboxylic acids is 1. The first kappa shape index (κ1) is 29.1. The Labute approximate surface area is 242 Å². The lowest BCUT2D eigenvalue weighted by atomic mass is 10.1. The van der Waals surface area contributed by atoms with E-state index >= 15 is 0 Å². The van der Waals surface area contributed by atoms with Crippen LogP contribution in [-0.2, 0) is 20.8 Å². The lowest BCUT2D eigenvalue weighted by Gasteiger charge is -2.23. The first-order valence-electron chi connectivity index (χ1n) is 13.1. The van der Waals surface area contributed by atoms with Gasteiger partial charge in [-0.15, -0.1) is 4.80 Å².